The molecule has 2 nitrogen and oxygen atoms in total. The van der Waals surface area contributed by atoms with E-state index in [1.807, 2.05) is 0 Å². The molecule has 0 saturated heterocycles. The molecule has 27 heavy (non-hydrogen) atoms. The normalized spacial score (nSPS) is 11.0. The Balaban J connectivity index is 1.64. The van der Waals surface area contributed by atoms with Crippen molar-refractivity contribution in [3.8, 4) is 21.1 Å². The zero-order valence-electron chi connectivity index (χ0n) is 16.6. The predicted molar refractivity (Wildman–Crippen MR) is 117 cm³/mol. The first-order valence-electron chi connectivity index (χ1n) is 10.3. The van der Waals surface area contributed by atoms with Crippen LogP contribution in [0.4, 0.5) is 0 Å². The average molecular weight is 379 g/mol. The zero-order chi connectivity index (χ0) is 18.9. The van der Waals surface area contributed by atoms with E-state index in [1.54, 1.807) is 11.3 Å². The van der Waals surface area contributed by atoms with Gasteiger partial charge in [0.05, 0.1) is 0 Å². The summed E-state index contributed by atoms with van der Waals surface area (Å²) in [6, 6.07) is 17.7. The lowest BCUT2D eigenvalue weighted by molar-refractivity contribution is 0.717. The summed E-state index contributed by atoms with van der Waals surface area (Å²) in [5, 5.41) is 10.8. The molecule has 0 aliphatic heterocycles. The summed E-state index contributed by atoms with van der Waals surface area (Å²) in [4.78, 5) is 0. The average Bonchev–Trinajstić information content (AvgIpc) is 3.20. The van der Waals surface area contributed by atoms with Gasteiger partial charge in [-0.1, -0.05) is 99.4 Å². The third-order valence-corrected chi connectivity index (χ3v) is 5.99. The summed E-state index contributed by atoms with van der Waals surface area (Å²) < 4.78 is 0. The van der Waals surface area contributed by atoms with Crippen molar-refractivity contribution in [3.05, 3.63) is 59.7 Å². The van der Waals surface area contributed by atoms with E-state index < -0.39 is 0 Å². The molecule has 2 aromatic carbocycles. The van der Waals surface area contributed by atoms with E-state index in [1.165, 1.54) is 62.5 Å². The minimum absolute atomic E-state index is 0.997. The summed E-state index contributed by atoms with van der Waals surface area (Å²) in [7, 11) is 0. The van der Waals surface area contributed by atoms with Crippen molar-refractivity contribution in [2.75, 3.05) is 0 Å². The SMILES string of the molecule is CCCCCc1ccc(-c2nnc(-c3ccc(CCCCC)cc3)s2)cc1. The molecule has 1 aromatic heterocycles. The standard InChI is InChI=1S/C24H30N2S/c1-3-5-7-9-19-11-15-21(16-12-19)23-25-26-24(27-23)22-17-13-20(14-18-22)10-8-6-4-2/h11-18H,3-10H2,1-2H3. The highest BCUT2D eigenvalue weighted by Crippen LogP contribution is 2.30. The molecule has 142 valence electrons. The fourth-order valence-corrected chi connectivity index (χ4v) is 4.10. The molecule has 3 rings (SSSR count). The highest BCUT2D eigenvalue weighted by atomic mass is 32.1. The Morgan fingerprint density at radius 1 is 0.593 bits per heavy atom. The number of benzene rings is 2. The number of hydrogen-bond acceptors (Lipinski definition) is 3. The van der Waals surface area contributed by atoms with E-state index in [4.69, 9.17) is 0 Å². The second-order valence-electron chi connectivity index (χ2n) is 7.22. The molecule has 0 aliphatic rings. The second-order valence-corrected chi connectivity index (χ2v) is 8.20. The Hall–Kier alpha value is -2.00. The highest BCUT2D eigenvalue weighted by Gasteiger charge is 2.09. The Morgan fingerprint density at radius 3 is 1.37 bits per heavy atom. The van der Waals surface area contributed by atoms with Crippen molar-refractivity contribution < 1.29 is 0 Å². The lowest BCUT2D eigenvalue weighted by Crippen LogP contribution is -1.86. The van der Waals surface area contributed by atoms with Crippen LogP contribution in [0.5, 0.6) is 0 Å². The molecule has 0 saturated carbocycles. The van der Waals surface area contributed by atoms with Gasteiger partial charge < -0.3 is 0 Å². The third-order valence-electron chi connectivity index (χ3n) is 4.96. The second kappa shape index (κ2) is 10.4. The van der Waals surface area contributed by atoms with Crippen LogP contribution < -0.4 is 0 Å². The maximum atomic E-state index is 4.42. The molecule has 0 radical (unpaired) electrons. The quantitative estimate of drug-likeness (QED) is 0.345. The molecule has 0 spiro atoms. The van der Waals surface area contributed by atoms with Crippen LogP contribution in [-0.2, 0) is 12.8 Å². The van der Waals surface area contributed by atoms with Gasteiger partial charge in [0.1, 0.15) is 10.0 Å². The van der Waals surface area contributed by atoms with Crippen molar-refractivity contribution in [3.63, 3.8) is 0 Å². The number of hydrogen-bond donors (Lipinski definition) is 0. The molecule has 0 bridgehead atoms. The van der Waals surface area contributed by atoms with Crippen LogP contribution in [0.3, 0.4) is 0 Å². The fourth-order valence-electron chi connectivity index (χ4n) is 3.24. The number of aryl methyl sites for hydroxylation is 2. The minimum Gasteiger partial charge on any atom is -0.138 e. The largest absolute Gasteiger partial charge is 0.148 e. The Kier molecular flexibility index (Phi) is 7.58. The van der Waals surface area contributed by atoms with Gasteiger partial charge in [0.25, 0.3) is 0 Å². The monoisotopic (exact) mass is 378 g/mol. The van der Waals surface area contributed by atoms with Gasteiger partial charge >= 0.3 is 0 Å². The van der Waals surface area contributed by atoms with Crippen LogP contribution in [0.25, 0.3) is 21.1 Å². The Bertz CT molecular complexity index is 735. The van der Waals surface area contributed by atoms with Crippen LogP contribution in [0, 0.1) is 0 Å². The first kappa shape index (κ1) is 19.8. The Morgan fingerprint density at radius 2 is 1.00 bits per heavy atom. The fraction of sp³-hybridized carbons (Fsp3) is 0.417. The molecule has 1 heterocycles. The van der Waals surface area contributed by atoms with Crippen LogP contribution in [0.2, 0.25) is 0 Å². The summed E-state index contributed by atoms with van der Waals surface area (Å²) in [6.07, 6.45) is 10.0. The molecule has 0 atom stereocenters. The van der Waals surface area contributed by atoms with E-state index in [0.717, 1.165) is 21.1 Å². The van der Waals surface area contributed by atoms with Crippen LogP contribution in [0.15, 0.2) is 48.5 Å². The van der Waals surface area contributed by atoms with Gasteiger partial charge in [-0.2, -0.15) is 0 Å². The van der Waals surface area contributed by atoms with Crippen LogP contribution in [-0.4, -0.2) is 10.2 Å². The van der Waals surface area contributed by atoms with Gasteiger partial charge in [-0.3, -0.25) is 0 Å². The van der Waals surface area contributed by atoms with Crippen molar-refractivity contribution in [1.29, 1.82) is 0 Å². The maximum absolute atomic E-state index is 4.42. The molecule has 0 unspecified atom stereocenters. The van der Waals surface area contributed by atoms with Crippen LogP contribution >= 0.6 is 11.3 Å². The summed E-state index contributed by atoms with van der Waals surface area (Å²) in [5.74, 6) is 0. The van der Waals surface area contributed by atoms with Crippen molar-refractivity contribution in [2.45, 2.75) is 65.2 Å². The van der Waals surface area contributed by atoms with Crippen molar-refractivity contribution >= 4 is 11.3 Å². The lowest BCUT2D eigenvalue weighted by atomic mass is 10.1. The van der Waals surface area contributed by atoms with E-state index in [-0.39, 0.29) is 0 Å². The summed E-state index contributed by atoms with van der Waals surface area (Å²) in [5.41, 5.74) is 5.15. The first-order chi connectivity index (χ1) is 13.3. The van der Waals surface area contributed by atoms with E-state index >= 15 is 0 Å². The molecule has 0 aliphatic carbocycles. The van der Waals surface area contributed by atoms with Gasteiger partial charge in [0.2, 0.25) is 0 Å². The van der Waals surface area contributed by atoms with Gasteiger partial charge in [-0.15, -0.1) is 10.2 Å². The molecular formula is C24H30N2S. The van der Waals surface area contributed by atoms with Crippen molar-refractivity contribution in [1.82, 2.24) is 10.2 Å². The van der Waals surface area contributed by atoms with Gasteiger partial charge in [0.15, 0.2) is 0 Å². The van der Waals surface area contributed by atoms with E-state index in [0.29, 0.717) is 0 Å². The Labute approximate surface area is 167 Å². The van der Waals surface area contributed by atoms with E-state index in [2.05, 4.69) is 72.6 Å². The first-order valence-corrected chi connectivity index (χ1v) is 11.1. The third kappa shape index (κ3) is 5.74. The van der Waals surface area contributed by atoms with Crippen molar-refractivity contribution in [2.24, 2.45) is 0 Å². The molecular weight excluding hydrogens is 348 g/mol. The van der Waals surface area contributed by atoms with Gasteiger partial charge in [0, 0.05) is 11.1 Å². The number of rotatable bonds is 10. The molecule has 3 aromatic rings. The maximum Gasteiger partial charge on any atom is 0.148 e. The predicted octanol–water partition coefficient (Wildman–Crippen LogP) is 7.34. The summed E-state index contributed by atoms with van der Waals surface area (Å²) >= 11 is 1.67. The smallest absolute Gasteiger partial charge is 0.138 e. The lowest BCUT2D eigenvalue weighted by Gasteiger charge is -2.02. The van der Waals surface area contributed by atoms with E-state index in [9.17, 15) is 0 Å². The van der Waals surface area contributed by atoms with Gasteiger partial charge in [-0.05, 0) is 36.8 Å². The number of unbranched alkanes of at least 4 members (excludes halogenated alkanes) is 4. The highest BCUT2D eigenvalue weighted by molar-refractivity contribution is 7.17. The number of nitrogens with zero attached hydrogens (tertiary/aromatic N) is 2. The minimum atomic E-state index is 0.997. The molecule has 0 N–H and O–H groups in total. The van der Waals surface area contributed by atoms with Gasteiger partial charge in [-0.25, -0.2) is 0 Å². The molecule has 0 amide bonds. The molecule has 3 heteroatoms. The zero-order valence-corrected chi connectivity index (χ0v) is 17.4. The topological polar surface area (TPSA) is 25.8 Å². The summed E-state index contributed by atoms with van der Waals surface area (Å²) in [6.45, 7) is 4.49. The van der Waals surface area contributed by atoms with Crippen LogP contribution in [0.1, 0.15) is 63.5 Å². The number of aromatic nitrogens is 2. The molecule has 0 fully saturated rings.